The summed E-state index contributed by atoms with van der Waals surface area (Å²) in [6.45, 7) is 3.40. The Morgan fingerprint density at radius 2 is 1.95 bits per heavy atom. The predicted molar refractivity (Wildman–Crippen MR) is 95.7 cm³/mol. The molecule has 2 aliphatic carbocycles. The van der Waals surface area contributed by atoms with Gasteiger partial charge in [0, 0.05) is 40.1 Å². The second-order valence-electron chi connectivity index (χ2n) is 6.40. The first-order valence-electron chi connectivity index (χ1n) is 8.31. The summed E-state index contributed by atoms with van der Waals surface area (Å²) in [5.74, 6) is 3.39. The van der Waals surface area contributed by atoms with E-state index in [-0.39, 0.29) is 0 Å². The molecule has 0 spiro atoms. The first-order chi connectivity index (χ1) is 10.3. The Labute approximate surface area is 140 Å². The number of hydrogen-bond acceptors (Lipinski definition) is 5. The molecule has 3 aliphatic rings. The van der Waals surface area contributed by atoms with Gasteiger partial charge in [-0.25, -0.2) is 4.98 Å². The fraction of sp³-hybridized carbons (Fsp3) is 0.812. The van der Waals surface area contributed by atoms with Crippen LogP contribution in [0, 0.1) is 0 Å². The molecule has 1 aliphatic heterocycles. The maximum atomic E-state index is 5.14. The highest BCUT2D eigenvalue weighted by Gasteiger charge is 2.34. The predicted octanol–water partition coefficient (Wildman–Crippen LogP) is 4.57. The highest BCUT2D eigenvalue weighted by Crippen LogP contribution is 2.49. The number of nitrogens with zero attached hydrogens (tertiary/aromatic N) is 1. The summed E-state index contributed by atoms with van der Waals surface area (Å²) < 4.78 is 0. The number of thiazole rings is 1. The van der Waals surface area contributed by atoms with E-state index in [2.05, 4.69) is 35.8 Å². The van der Waals surface area contributed by atoms with Gasteiger partial charge in [-0.05, 0) is 32.1 Å². The minimum Gasteiger partial charge on any atom is -0.309 e. The molecule has 2 nitrogen and oxygen atoms in total. The monoisotopic (exact) mass is 340 g/mol. The van der Waals surface area contributed by atoms with Crippen molar-refractivity contribution >= 4 is 34.9 Å². The molecule has 5 heteroatoms. The summed E-state index contributed by atoms with van der Waals surface area (Å²) in [5.41, 5.74) is 1.45. The standard InChI is InChI=1S/C16H24N2S3/c1-2-12-15(20-8-7-19-12)16-18-14(10-3-4-10)13(21-16)9-17-11-5-6-11/h10-12,15,17H,2-9H2,1H3. The van der Waals surface area contributed by atoms with E-state index in [1.807, 2.05) is 11.3 Å². The lowest BCUT2D eigenvalue weighted by Crippen LogP contribution is -2.18. The summed E-state index contributed by atoms with van der Waals surface area (Å²) in [5, 5.41) is 6.53. The molecule has 116 valence electrons. The van der Waals surface area contributed by atoms with Crippen molar-refractivity contribution in [2.24, 2.45) is 0 Å². The van der Waals surface area contributed by atoms with Crippen molar-refractivity contribution < 1.29 is 0 Å². The van der Waals surface area contributed by atoms with E-state index in [1.54, 1.807) is 4.88 Å². The second kappa shape index (κ2) is 6.42. The first kappa shape index (κ1) is 14.9. The molecule has 4 rings (SSSR count). The topological polar surface area (TPSA) is 24.9 Å². The molecule has 2 atom stereocenters. The van der Waals surface area contributed by atoms with Crippen LogP contribution >= 0.6 is 34.9 Å². The quantitative estimate of drug-likeness (QED) is 0.820. The molecule has 1 N–H and O–H groups in total. The van der Waals surface area contributed by atoms with Gasteiger partial charge in [-0.15, -0.1) is 23.1 Å². The van der Waals surface area contributed by atoms with Gasteiger partial charge in [-0.1, -0.05) is 6.92 Å². The van der Waals surface area contributed by atoms with Gasteiger partial charge < -0.3 is 5.32 Å². The molecular formula is C16H24N2S3. The summed E-state index contributed by atoms with van der Waals surface area (Å²) in [7, 11) is 0. The van der Waals surface area contributed by atoms with Crippen molar-refractivity contribution in [3.8, 4) is 0 Å². The Morgan fingerprint density at radius 1 is 1.14 bits per heavy atom. The summed E-state index contributed by atoms with van der Waals surface area (Å²) in [4.78, 5) is 6.68. The van der Waals surface area contributed by atoms with Crippen LogP contribution in [-0.4, -0.2) is 27.8 Å². The highest BCUT2D eigenvalue weighted by molar-refractivity contribution is 8.06. The van der Waals surface area contributed by atoms with Gasteiger partial charge in [0.1, 0.15) is 5.01 Å². The maximum Gasteiger partial charge on any atom is 0.107 e. The number of nitrogens with one attached hydrogen (secondary N) is 1. The fourth-order valence-corrected chi connectivity index (χ4v) is 7.49. The van der Waals surface area contributed by atoms with Crippen LogP contribution in [0.4, 0.5) is 0 Å². The fourth-order valence-electron chi connectivity index (χ4n) is 2.96. The molecule has 0 aromatic carbocycles. The highest BCUT2D eigenvalue weighted by atomic mass is 32.2. The van der Waals surface area contributed by atoms with E-state index in [0.717, 1.165) is 23.8 Å². The Balaban J connectivity index is 1.54. The molecule has 1 aromatic heterocycles. The van der Waals surface area contributed by atoms with E-state index in [4.69, 9.17) is 4.98 Å². The van der Waals surface area contributed by atoms with Crippen molar-refractivity contribution in [1.29, 1.82) is 0 Å². The normalized spacial score (nSPS) is 29.8. The second-order valence-corrected chi connectivity index (χ2v) is 10.1. The van der Waals surface area contributed by atoms with Gasteiger partial charge in [0.25, 0.3) is 0 Å². The van der Waals surface area contributed by atoms with E-state index < -0.39 is 0 Å². The van der Waals surface area contributed by atoms with Crippen LogP contribution in [0.5, 0.6) is 0 Å². The smallest absolute Gasteiger partial charge is 0.107 e. The van der Waals surface area contributed by atoms with Crippen LogP contribution < -0.4 is 5.32 Å². The average Bonchev–Trinajstić information content (AvgIpc) is 3.44. The maximum absolute atomic E-state index is 5.14. The van der Waals surface area contributed by atoms with Gasteiger partial charge >= 0.3 is 0 Å². The third-order valence-corrected chi connectivity index (χ3v) is 9.09. The largest absolute Gasteiger partial charge is 0.309 e. The molecule has 2 heterocycles. The molecule has 1 aromatic rings. The lowest BCUT2D eigenvalue weighted by molar-refractivity contribution is 0.688. The SMILES string of the molecule is CCC1SCCSC1c1nc(C2CC2)c(CNC2CC2)s1. The first-order valence-corrected chi connectivity index (χ1v) is 11.2. The number of aromatic nitrogens is 1. The zero-order valence-corrected chi connectivity index (χ0v) is 15.1. The summed E-state index contributed by atoms with van der Waals surface area (Å²) in [6.07, 6.45) is 6.75. The molecule has 3 fully saturated rings. The lowest BCUT2D eigenvalue weighted by atomic mass is 10.2. The van der Waals surface area contributed by atoms with Crippen molar-refractivity contribution in [2.45, 2.75) is 68.0 Å². The average molecular weight is 341 g/mol. The molecule has 2 unspecified atom stereocenters. The van der Waals surface area contributed by atoms with Gasteiger partial charge in [0.15, 0.2) is 0 Å². The summed E-state index contributed by atoms with van der Waals surface area (Å²) >= 11 is 6.33. The van der Waals surface area contributed by atoms with Gasteiger partial charge in [-0.3, -0.25) is 0 Å². The number of rotatable bonds is 6. The van der Waals surface area contributed by atoms with Crippen LogP contribution in [0.15, 0.2) is 0 Å². The van der Waals surface area contributed by atoms with Crippen LogP contribution in [0.25, 0.3) is 0 Å². The third-order valence-electron chi connectivity index (χ3n) is 4.53. The van der Waals surface area contributed by atoms with Gasteiger partial charge in [-0.2, -0.15) is 11.8 Å². The number of hydrogen-bond donors (Lipinski definition) is 1. The third kappa shape index (κ3) is 3.46. The van der Waals surface area contributed by atoms with Crippen molar-refractivity contribution in [2.75, 3.05) is 11.5 Å². The van der Waals surface area contributed by atoms with Crippen LogP contribution in [-0.2, 0) is 6.54 Å². The van der Waals surface area contributed by atoms with E-state index in [9.17, 15) is 0 Å². The van der Waals surface area contributed by atoms with Gasteiger partial charge in [0.05, 0.1) is 10.9 Å². The zero-order chi connectivity index (χ0) is 14.2. The summed E-state index contributed by atoms with van der Waals surface area (Å²) in [6, 6.07) is 0.797. The Kier molecular flexibility index (Phi) is 4.54. The van der Waals surface area contributed by atoms with E-state index in [0.29, 0.717) is 5.25 Å². The van der Waals surface area contributed by atoms with Crippen LogP contribution in [0.1, 0.15) is 65.8 Å². The Hall–Kier alpha value is 0.290. The molecule has 0 radical (unpaired) electrons. The van der Waals surface area contributed by atoms with E-state index >= 15 is 0 Å². The van der Waals surface area contributed by atoms with Crippen LogP contribution in [0.3, 0.4) is 0 Å². The van der Waals surface area contributed by atoms with Gasteiger partial charge in [0.2, 0.25) is 0 Å². The van der Waals surface area contributed by atoms with Crippen molar-refractivity contribution in [1.82, 2.24) is 10.3 Å². The molecule has 2 saturated carbocycles. The zero-order valence-electron chi connectivity index (χ0n) is 12.6. The minimum atomic E-state index is 0.644. The molecule has 0 bridgehead atoms. The minimum absolute atomic E-state index is 0.644. The van der Waals surface area contributed by atoms with Crippen LogP contribution in [0.2, 0.25) is 0 Å². The Morgan fingerprint density at radius 3 is 2.67 bits per heavy atom. The lowest BCUT2D eigenvalue weighted by Gasteiger charge is -2.28. The molecular weight excluding hydrogens is 316 g/mol. The van der Waals surface area contributed by atoms with Crippen molar-refractivity contribution in [3.63, 3.8) is 0 Å². The number of thioether (sulfide) groups is 2. The van der Waals surface area contributed by atoms with E-state index in [1.165, 1.54) is 54.3 Å². The molecule has 0 amide bonds. The van der Waals surface area contributed by atoms with Crippen molar-refractivity contribution in [3.05, 3.63) is 15.6 Å². The Bertz CT molecular complexity index is 494. The molecule has 1 saturated heterocycles. The molecule has 21 heavy (non-hydrogen) atoms.